The Hall–Kier alpha value is -2.67. The first-order valence-electron chi connectivity index (χ1n) is 9.40. The van der Waals surface area contributed by atoms with Gasteiger partial charge in [-0.05, 0) is 48.7 Å². The van der Waals surface area contributed by atoms with E-state index in [2.05, 4.69) is 23.9 Å². The number of carbonyl (C=O) groups excluding carboxylic acids is 1. The van der Waals surface area contributed by atoms with Gasteiger partial charge < -0.3 is 14.8 Å². The molecule has 0 fully saturated rings. The van der Waals surface area contributed by atoms with Crippen LogP contribution in [0.15, 0.2) is 36.4 Å². The van der Waals surface area contributed by atoms with Crippen molar-refractivity contribution in [3.8, 4) is 11.5 Å². The van der Waals surface area contributed by atoms with Crippen molar-refractivity contribution in [1.82, 2.24) is 4.90 Å². The molecule has 1 N–H and O–H groups in total. The highest BCUT2D eigenvalue weighted by molar-refractivity contribution is 5.93. The fourth-order valence-corrected chi connectivity index (χ4v) is 3.14. The summed E-state index contributed by atoms with van der Waals surface area (Å²) in [5.74, 6) is 0.353. The molecule has 0 bridgehead atoms. The van der Waals surface area contributed by atoms with Crippen LogP contribution in [0.2, 0.25) is 0 Å². The summed E-state index contributed by atoms with van der Waals surface area (Å²) in [6, 6.07) is 10.8. The summed E-state index contributed by atoms with van der Waals surface area (Å²) in [5, 5.41) is 3.01. The molecule has 2 aromatic rings. The van der Waals surface area contributed by atoms with Crippen LogP contribution in [-0.2, 0) is 11.3 Å². The first-order valence-corrected chi connectivity index (χ1v) is 9.40. The molecule has 0 saturated heterocycles. The number of anilines is 1. The van der Waals surface area contributed by atoms with Gasteiger partial charge in [-0.1, -0.05) is 38.1 Å². The Kier molecular flexibility index (Phi) is 7.96. The molecule has 0 aliphatic carbocycles. The van der Waals surface area contributed by atoms with Crippen LogP contribution in [0, 0.1) is 6.92 Å². The smallest absolute Gasteiger partial charge is 0.387 e. The molecule has 2 aromatic carbocycles. The maximum Gasteiger partial charge on any atom is 0.387 e. The fourth-order valence-electron chi connectivity index (χ4n) is 3.14. The number of amides is 1. The SMILES string of the molecule is COc1ccc(CN(C)CC(=O)Nc2c(C)cccc2C(C)C)cc1OC(F)F. The number of alkyl halides is 2. The molecule has 0 spiro atoms. The molecule has 0 aliphatic heterocycles. The van der Waals surface area contributed by atoms with Gasteiger partial charge in [0.25, 0.3) is 0 Å². The van der Waals surface area contributed by atoms with Crippen molar-refractivity contribution in [2.75, 3.05) is 26.0 Å². The van der Waals surface area contributed by atoms with Gasteiger partial charge in [0.2, 0.25) is 5.91 Å². The number of para-hydroxylation sites is 1. The third kappa shape index (κ3) is 6.42. The Balaban J connectivity index is 2.04. The van der Waals surface area contributed by atoms with Crippen molar-refractivity contribution in [1.29, 1.82) is 0 Å². The minimum atomic E-state index is -2.94. The van der Waals surface area contributed by atoms with Crippen molar-refractivity contribution < 1.29 is 23.0 Å². The van der Waals surface area contributed by atoms with E-state index in [0.29, 0.717) is 6.54 Å². The predicted molar refractivity (Wildman–Crippen MR) is 110 cm³/mol. The van der Waals surface area contributed by atoms with E-state index in [9.17, 15) is 13.6 Å². The average molecular weight is 406 g/mol. The summed E-state index contributed by atoms with van der Waals surface area (Å²) in [6.07, 6.45) is 0. The number of hydrogen-bond donors (Lipinski definition) is 1. The van der Waals surface area contributed by atoms with Gasteiger partial charge in [0.15, 0.2) is 11.5 Å². The highest BCUT2D eigenvalue weighted by Gasteiger charge is 2.15. The van der Waals surface area contributed by atoms with Gasteiger partial charge in [-0.3, -0.25) is 9.69 Å². The molecule has 7 heteroatoms. The second-order valence-corrected chi connectivity index (χ2v) is 7.28. The quantitative estimate of drug-likeness (QED) is 0.650. The number of likely N-dealkylation sites (N-methyl/N-ethyl adjacent to an activating group) is 1. The number of nitrogens with zero attached hydrogens (tertiary/aromatic N) is 1. The lowest BCUT2D eigenvalue weighted by Crippen LogP contribution is -2.30. The van der Waals surface area contributed by atoms with Crippen LogP contribution in [0.5, 0.6) is 11.5 Å². The van der Waals surface area contributed by atoms with E-state index < -0.39 is 6.61 Å². The Morgan fingerprint density at radius 3 is 2.52 bits per heavy atom. The van der Waals surface area contributed by atoms with E-state index in [1.165, 1.54) is 13.2 Å². The minimum Gasteiger partial charge on any atom is -0.493 e. The number of hydrogen-bond acceptors (Lipinski definition) is 4. The van der Waals surface area contributed by atoms with Gasteiger partial charge in [-0.25, -0.2) is 0 Å². The van der Waals surface area contributed by atoms with Crippen LogP contribution < -0.4 is 14.8 Å². The van der Waals surface area contributed by atoms with Crippen molar-refractivity contribution >= 4 is 11.6 Å². The number of ether oxygens (including phenoxy) is 2. The number of benzene rings is 2. The van der Waals surface area contributed by atoms with Crippen molar-refractivity contribution in [3.05, 3.63) is 53.1 Å². The molecule has 2 rings (SSSR count). The Bertz CT molecular complexity index is 841. The average Bonchev–Trinajstić information content (AvgIpc) is 2.62. The maximum absolute atomic E-state index is 12.6. The summed E-state index contributed by atoms with van der Waals surface area (Å²) in [7, 11) is 3.18. The lowest BCUT2D eigenvalue weighted by molar-refractivity contribution is -0.117. The van der Waals surface area contributed by atoms with E-state index in [-0.39, 0.29) is 29.9 Å². The van der Waals surface area contributed by atoms with Gasteiger partial charge in [-0.15, -0.1) is 0 Å². The Labute approximate surface area is 170 Å². The second kappa shape index (κ2) is 10.2. The highest BCUT2D eigenvalue weighted by atomic mass is 19.3. The summed E-state index contributed by atoms with van der Waals surface area (Å²) in [6.45, 7) is 3.74. The summed E-state index contributed by atoms with van der Waals surface area (Å²) in [4.78, 5) is 14.4. The van der Waals surface area contributed by atoms with E-state index in [1.54, 1.807) is 24.1 Å². The molecule has 0 aromatic heterocycles. The topological polar surface area (TPSA) is 50.8 Å². The first-order chi connectivity index (χ1) is 13.7. The minimum absolute atomic E-state index is 0.0284. The summed E-state index contributed by atoms with van der Waals surface area (Å²) >= 11 is 0. The third-order valence-corrected chi connectivity index (χ3v) is 4.50. The van der Waals surface area contributed by atoms with Crippen LogP contribution in [0.4, 0.5) is 14.5 Å². The van der Waals surface area contributed by atoms with Gasteiger partial charge in [-0.2, -0.15) is 8.78 Å². The zero-order valence-electron chi connectivity index (χ0n) is 17.5. The lowest BCUT2D eigenvalue weighted by Gasteiger charge is -2.20. The van der Waals surface area contributed by atoms with Crippen molar-refractivity contribution in [2.24, 2.45) is 0 Å². The molecule has 0 saturated carbocycles. The van der Waals surface area contributed by atoms with E-state index in [4.69, 9.17) is 4.74 Å². The molecule has 5 nitrogen and oxygen atoms in total. The first kappa shape index (κ1) is 22.6. The molecular formula is C22H28F2N2O3. The Morgan fingerprint density at radius 2 is 1.90 bits per heavy atom. The van der Waals surface area contributed by atoms with E-state index >= 15 is 0 Å². The maximum atomic E-state index is 12.6. The predicted octanol–water partition coefficient (Wildman–Crippen LogP) is 4.80. The number of nitrogens with one attached hydrogen (secondary N) is 1. The highest BCUT2D eigenvalue weighted by Crippen LogP contribution is 2.30. The van der Waals surface area contributed by atoms with Crippen LogP contribution in [-0.4, -0.2) is 38.1 Å². The number of methoxy groups -OCH3 is 1. The fraction of sp³-hybridized carbons (Fsp3) is 0.409. The molecule has 0 radical (unpaired) electrons. The number of halogens is 2. The molecule has 0 heterocycles. The van der Waals surface area contributed by atoms with Crippen molar-refractivity contribution in [2.45, 2.75) is 39.8 Å². The molecule has 0 aliphatic rings. The molecule has 29 heavy (non-hydrogen) atoms. The van der Waals surface area contributed by atoms with Crippen LogP contribution in [0.25, 0.3) is 0 Å². The largest absolute Gasteiger partial charge is 0.493 e. The zero-order chi connectivity index (χ0) is 21.6. The monoisotopic (exact) mass is 406 g/mol. The number of aryl methyl sites for hydroxylation is 1. The summed E-state index contributed by atoms with van der Waals surface area (Å²) < 4.78 is 34.7. The van der Waals surface area contributed by atoms with Gasteiger partial charge in [0.1, 0.15) is 0 Å². The van der Waals surface area contributed by atoms with Crippen molar-refractivity contribution in [3.63, 3.8) is 0 Å². The lowest BCUT2D eigenvalue weighted by atomic mass is 9.98. The number of carbonyl (C=O) groups is 1. The molecule has 0 unspecified atom stereocenters. The van der Waals surface area contributed by atoms with Crippen LogP contribution in [0.3, 0.4) is 0 Å². The van der Waals surface area contributed by atoms with Gasteiger partial charge in [0.05, 0.1) is 13.7 Å². The standard InChI is InChI=1S/C22H28F2N2O3/c1-14(2)17-8-6-7-15(3)21(17)25-20(27)13-26(4)12-16-9-10-18(28-5)19(11-16)29-22(23)24/h6-11,14,22H,12-13H2,1-5H3,(H,25,27). The van der Waals surface area contributed by atoms with Crippen LogP contribution in [0.1, 0.15) is 36.5 Å². The van der Waals surface area contributed by atoms with E-state index in [1.807, 2.05) is 25.1 Å². The Morgan fingerprint density at radius 1 is 1.17 bits per heavy atom. The molecule has 158 valence electrons. The van der Waals surface area contributed by atoms with Crippen LogP contribution >= 0.6 is 0 Å². The van der Waals surface area contributed by atoms with E-state index in [0.717, 1.165) is 22.4 Å². The van der Waals surface area contributed by atoms with Gasteiger partial charge >= 0.3 is 6.61 Å². The molecule has 0 atom stereocenters. The third-order valence-electron chi connectivity index (χ3n) is 4.50. The molecular weight excluding hydrogens is 378 g/mol. The normalized spacial score (nSPS) is 11.2. The summed E-state index contributed by atoms with van der Waals surface area (Å²) in [5.41, 5.74) is 3.68. The second-order valence-electron chi connectivity index (χ2n) is 7.28. The number of rotatable bonds is 9. The molecule has 1 amide bonds. The zero-order valence-corrected chi connectivity index (χ0v) is 17.5. The van der Waals surface area contributed by atoms with Gasteiger partial charge in [0, 0.05) is 12.2 Å².